The van der Waals surface area contributed by atoms with Crippen LogP contribution in [0.5, 0.6) is 0 Å². The summed E-state index contributed by atoms with van der Waals surface area (Å²) in [4.78, 5) is 36.2. The zero-order valence-electron chi connectivity index (χ0n) is 16.3. The van der Waals surface area contributed by atoms with Crippen molar-refractivity contribution in [1.29, 1.82) is 0 Å². The topological polar surface area (TPSA) is 138 Å². The Hall–Kier alpha value is -1.49. The van der Waals surface area contributed by atoms with Gasteiger partial charge in [0, 0.05) is 12.3 Å². The molecule has 0 aliphatic carbocycles. The molecule has 162 valence electrons. The van der Waals surface area contributed by atoms with Crippen molar-refractivity contribution in [3.8, 4) is 0 Å². The van der Waals surface area contributed by atoms with Gasteiger partial charge in [-0.25, -0.2) is 14.4 Å². The maximum absolute atomic E-state index is 13.0. The minimum absolute atomic E-state index is 0.141. The van der Waals surface area contributed by atoms with Gasteiger partial charge in [0.2, 0.25) is 0 Å². The van der Waals surface area contributed by atoms with Crippen LogP contribution in [0.4, 0.5) is 0 Å². The average Bonchev–Trinajstić information content (AvgIpc) is 2.85. The van der Waals surface area contributed by atoms with Gasteiger partial charge >= 0.3 is 19.4 Å². The first-order valence-electron chi connectivity index (χ1n) is 9.00. The lowest BCUT2D eigenvalue weighted by Crippen LogP contribution is -2.47. The van der Waals surface area contributed by atoms with E-state index in [-0.39, 0.29) is 12.7 Å². The summed E-state index contributed by atoms with van der Waals surface area (Å²) in [5.74, 6) is -0.612. The van der Waals surface area contributed by atoms with Crippen LogP contribution in [0, 0.1) is 0 Å². The predicted molar refractivity (Wildman–Crippen MR) is 102 cm³/mol. The maximum atomic E-state index is 13.0. The van der Waals surface area contributed by atoms with Crippen molar-refractivity contribution in [3.63, 3.8) is 0 Å². The van der Waals surface area contributed by atoms with E-state index in [1.807, 2.05) is 0 Å². The van der Waals surface area contributed by atoms with Crippen molar-refractivity contribution in [2.75, 3.05) is 6.61 Å². The van der Waals surface area contributed by atoms with E-state index in [4.69, 9.17) is 30.1 Å². The minimum atomic E-state index is -3.92. The van der Waals surface area contributed by atoms with Crippen LogP contribution in [0.15, 0.2) is 21.9 Å². The highest BCUT2D eigenvalue weighted by Gasteiger charge is 2.60. The molecule has 0 spiro atoms. The number of esters is 1. The van der Waals surface area contributed by atoms with Gasteiger partial charge in [-0.1, -0.05) is 0 Å². The third kappa shape index (κ3) is 4.50. The highest BCUT2D eigenvalue weighted by molar-refractivity contribution is 7.51. The number of nitrogens with one attached hydrogen (secondary N) is 2. The zero-order valence-corrected chi connectivity index (χ0v) is 17.9. The number of nitrogens with zero attached hydrogens (tertiary/aromatic N) is 1. The number of hydrogen-bond donors (Lipinski definition) is 2. The number of aromatic amines is 1. The number of H-pyrrole nitrogens is 1. The molecule has 2 saturated heterocycles. The highest BCUT2D eigenvalue weighted by Crippen LogP contribution is 2.57. The predicted octanol–water partition coefficient (Wildman–Crippen LogP) is 0.885. The summed E-state index contributed by atoms with van der Waals surface area (Å²) in [6.45, 7) is 6.28. The van der Waals surface area contributed by atoms with Gasteiger partial charge in [0.05, 0.1) is 12.7 Å². The van der Waals surface area contributed by atoms with Crippen molar-refractivity contribution in [3.05, 3.63) is 33.1 Å². The number of aromatic nitrogens is 2. The fourth-order valence-electron chi connectivity index (χ4n) is 3.16. The van der Waals surface area contributed by atoms with E-state index in [0.29, 0.717) is 0 Å². The van der Waals surface area contributed by atoms with E-state index < -0.39 is 54.3 Å². The van der Waals surface area contributed by atoms with Crippen molar-refractivity contribution in [2.45, 2.75) is 63.2 Å². The van der Waals surface area contributed by atoms with Crippen LogP contribution in [0.2, 0.25) is 0 Å². The largest absolute Gasteiger partial charge is 0.462 e. The summed E-state index contributed by atoms with van der Waals surface area (Å²) in [5, 5.41) is 2.53. The number of halogens is 1. The molecular formula is C16H23ClN3O8P. The standard InChI is InChI=1S/C16H23ClN3O8P/c1-8(2)26-13(22)9(3)19-29(24)25-7-10-12(28-29)16(4,17)14(27-10)20-6-5-11(21)18-15(20)23/h5-6,8-10,12,14H,7H2,1-4H3,(H,19,24)(H,18,21,23)/t9?,10-,12-,14-,16-,29?/m1/s1. The molecule has 1 aromatic heterocycles. The van der Waals surface area contributed by atoms with Crippen LogP contribution in [0.1, 0.15) is 33.9 Å². The van der Waals surface area contributed by atoms with Crippen LogP contribution in [0.25, 0.3) is 0 Å². The molecule has 0 bridgehead atoms. The fraction of sp³-hybridized carbons (Fsp3) is 0.688. The van der Waals surface area contributed by atoms with E-state index >= 15 is 0 Å². The van der Waals surface area contributed by atoms with Crippen LogP contribution >= 0.6 is 19.3 Å². The Morgan fingerprint density at radius 3 is 2.76 bits per heavy atom. The second kappa shape index (κ2) is 7.98. The van der Waals surface area contributed by atoms with Gasteiger partial charge in [-0.05, 0) is 27.7 Å². The first-order valence-corrected chi connectivity index (χ1v) is 10.9. The third-order valence-corrected chi connectivity index (χ3v) is 6.60. The summed E-state index contributed by atoms with van der Waals surface area (Å²) < 4.78 is 36.0. The molecule has 2 unspecified atom stereocenters. The van der Waals surface area contributed by atoms with Crippen molar-refractivity contribution >= 4 is 25.3 Å². The molecule has 1 aromatic rings. The second-order valence-electron chi connectivity index (χ2n) is 7.35. The van der Waals surface area contributed by atoms with Gasteiger partial charge in [-0.2, -0.15) is 0 Å². The Morgan fingerprint density at radius 1 is 1.45 bits per heavy atom. The third-order valence-electron chi connectivity index (χ3n) is 4.50. The Bertz CT molecular complexity index is 945. The molecule has 0 aromatic carbocycles. The number of alkyl halides is 1. The van der Waals surface area contributed by atoms with E-state index in [2.05, 4.69) is 10.1 Å². The minimum Gasteiger partial charge on any atom is -0.462 e. The molecule has 29 heavy (non-hydrogen) atoms. The molecule has 13 heteroatoms. The van der Waals surface area contributed by atoms with Crippen molar-refractivity contribution < 1.29 is 27.9 Å². The highest BCUT2D eigenvalue weighted by atomic mass is 35.5. The number of carbonyl (C=O) groups excluding carboxylic acids is 1. The lowest BCUT2D eigenvalue weighted by atomic mass is 10.0. The van der Waals surface area contributed by atoms with Crippen LogP contribution in [-0.4, -0.2) is 51.4 Å². The summed E-state index contributed by atoms with van der Waals surface area (Å²) in [7, 11) is -3.92. The van der Waals surface area contributed by atoms with E-state index in [1.54, 1.807) is 20.8 Å². The zero-order chi connectivity index (χ0) is 21.6. The first kappa shape index (κ1) is 22.2. The first-order chi connectivity index (χ1) is 13.4. The molecule has 3 heterocycles. The summed E-state index contributed by atoms with van der Waals surface area (Å²) in [6, 6.07) is 0.201. The summed E-state index contributed by atoms with van der Waals surface area (Å²) >= 11 is 6.65. The van der Waals surface area contributed by atoms with E-state index in [9.17, 15) is 18.9 Å². The van der Waals surface area contributed by atoms with Crippen LogP contribution in [-0.2, 0) is 27.9 Å². The fourth-order valence-corrected chi connectivity index (χ4v) is 5.34. The summed E-state index contributed by atoms with van der Waals surface area (Å²) in [5.41, 5.74) is -1.27. The van der Waals surface area contributed by atoms with Crippen LogP contribution in [0.3, 0.4) is 0 Å². The van der Waals surface area contributed by atoms with Gasteiger partial charge in [0.25, 0.3) is 5.56 Å². The van der Waals surface area contributed by atoms with Crippen molar-refractivity contribution in [1.82, 2.24) is 14.6 Å². The molecule has 6 atom stereocenters. The smallest absolute Gasteiger partial charge is 0.406 e. The Balaban J connectivity index is 1.79. The number of rotatable bonds is 5. The van der Waals surface area contributed by atoms with Gasteiger partial charge in [0.15, 0.2) is 6.23 Å². The van der Waals surface area contributed by atoms with Gasteiger partial charge in [0.1, 0.15) is 23.1 Å². The average molecular weight is 452 g/mol. The number of carbonyl (C=O) groups is 1. The molecule has 0 amide bonds. The molecular weight excluding hydrogens is 429 g/mol. The second-order valence-corrected chi connectivity index (χ2v) is 9.89. The quantitative estimate of drug-likeness (QED) is 0.379. The SMILES string of the molecule is CC(C)OC(=O)C(C)NP1(=O)OC[C@H]2O[C@@H](n3ccc(=O)[nH]c3=O)[C@](C)(Cl)[C@@H]2O1. The molecule has 2 aliphatic rings. The lowest BCUT2D eigenvalue weighted by molar-refractivity contribution is -0.149. The molecule has 0 saturated carbocycles. The monoisotopic (exact) mass is 451 g/mol. The Morgan fingerprint density at radius 2 is 2.14 bits per heavy atom. The molecule has 2 aliphatic heterocycles. The lowest BCUT2D eigenvalue weighted by Gasteiger charge is -2.36. The van der Waals surface area contributed by atoms with Gasteiger partial charge in [-0.3, -0.25) is 28.2 Å². The molecule has 0 radical (unpaired) electrons. The molecule has 2 fully saturated rings. The maximum Gasteiger partial charge on any atom is 0.406 e. The normalized spacial score (nSPS) is 35.3. The van der Waals surface area contributed by atoms with Gasteiger partial charge in [-0.15, -0.1) is 11.6 Å². The molecule has 3 rings (SSSR count). The van der Waals surface area contributed by atoms with E-state index in [1.165, 1.54) is 13.1 Å². The van der Waals surface area contributed by atoms with E-state index in [0.717, 1.165) is 10.6 Å². The Labute approximate surface area is 171 Å². The van der Waals surface area contributed by atoms with Gasteiger partial charge < -0.3 is 9.47 Å². The van der Waals surface area contributed by atoms with Crippen LogP contribution < -0.4 is 16.3 Å². The summed E-state index contributed by atoms with van der Waals surface area (Å²) in [6.07, 6.45) is -1.73. The number of ether oxygens (including phenoxy) is 2. The Kier molecular flexibility index (Phi) is 6.11. The number of hydrogen-bond acceptors (Lipinski definition) is 8. The number of fused-ring (bicyclic) bond motifs is 1. The molecule has 2 N–H and O–H groups in total. The van der Waals surface area contributed by atoms with Crippen molar-refractivity contribution in [2.24, 2.45) is 0 Å². The molecule has 11 nitrogen and oxygen atoms in total.